The van der Waals surface area contributed by atoms with Crippen molar-refractivity contribution in [1.29, 1.82) is 0 Å². The maximum absolute atomic E-state index is 12.3. The molecule has 2 aromatic rings. The van der Waals surface area contributed by atoms with Gasteiger partial charge in [-0.1, -0.05) is 6.92 Å². The Kier molecular flexibility index (Phi) is 5.99. The van der Waals surface area contributed by atoms with Crippen molar-refractivity contribution in [3.05, 3.63) is 40.0 Å². The predicted molar refractivity (Wildman–Crippen MR) is 101 cm³/mol. The van der Waals surface area contributed by atoms with Gasteiger partial charge in [-0.2, -0.15) is 0 Å². The van der Waals surface area contributed by atoms with Crippen molar-refractivity contribution in [2.75, 3.05) is 38.1 Å². The summed E-state index contributed by atoms with van der Waals surface area (Å²) in [7, 11) is 2.15. The van der Waals surface area contributed by atoms with Gasteiger partial charge in [-0.25, -0.2) is 9.97 Å². The van der Waals surface area contributed by atoms with Gasteiger partial charge in [0.05, 0.1) is 17.8 Å². The van der Waals surface area contributed by atoms with Crippen LogP contribution in [0.25, 0.3) is 0 Å². The van der Waals surface area contributed by atoms with Crippen LogP contribution in [0.1, 0.15) is 34.4 Å². The summed E-state index contributed by atoms with van der Waals surface area (Å²) in [6, 6.07) is 3.80. The van der Waals surface area contributed by atoms with E-state index in [1.165, 1.54) is 0 Å². The molecule has 0 saturated carbocycles. The predicted octanol–water partition coefficient (Wildman–Crippen LogP) is 2.17. The number of carbonyl (C=O) groups excluding carboxylic acids is 1. The van der Waals surface area contributed by atoms with Crippen molar-refractivity contribution in [2.24, 2.45) is 0 Å². The van der Waals surface area contributed by atoms with Crippen LogP contribution < -0.4 is 10.2 Å². The van der Waals surface area contributed by atoms with Crippen molar-refractivity contribution in [1.82, 2.24) is 20.2 Å². The number of likely N-dealkylation sites (N-methyl/N-ethyl adjacent to an activating group) is 1. The van der Waals surface area contributed by atoms with Crippen molar-refractivity contribution in [3.63, 3.8) is 0 Å². The van der Waals surface area contributed by atoms with Gasteiger partial charge in [-0.3, -0.25) is 4.79 Å². The van der Waals surface area contributed by atoms with Gasteiger partial charge in [0.2, 0.25) is 0 Å². The Labute approximate surface area is 152 Å². The maximum Gasteiger partial charge on any atom is 0.253 e. The van der Waals surface area contributed by atoms with Gasteiger partial charge >= 0.3 is 0 Å². The van der Waals surface area contributed by atoms with Gasteiger partial charge in [-0.05, 0) is 38.6 Å². The lowest BCUT2D eigenvalue weighted by atomic mass is 10.2. The minimum absolute atomic E-state index is 0.108. The standard InChI is InChI=1S/C18H25N5OS/c1-3-15-13-25-17(21-15)12-20-18(24)14-5-6-16(19-11-14)23-8-4-7-22(2)9-10-23/h5-6,11,13H,3-4,7-10,12H2,1-2H3,(H,20,24). The fraction of sp³-hybridized carbons (Fsp3) is 0.500. The summed E-state index contributed by atoms with van der Waals surface area (Å²) in [5, 5.41) is 5.89. The molecule has 1 saturated heterocycles. The largest absolute Gasteiger partial charge is 0.355 e. The number of hydrogen-bond acceptors (Lipinski definition) is 6. The third-order valence-electron chi connectivity index (χ3n) is 4.42. The van der Waals surface area contributed by atoms with Gasteiger partial charge in [0.25, 0.3) is 5.91 Å². The van der Waals surface area contributed by atoms with Crippen LogP contribution in [0.5, 0.6) is 0 Å². The zero-order valence-corrected chi connectivity index (χ0v) is 15.7. The van der Waals surface area contributed by atoms with Crippen LogP contribution in [-0.2, 0) is 13.0 Å². The first-order valence-electron chi connectivity index (χ1n) is 8.76. The molecule has 2 aromatic heterocycles. The van der Waals surface area contributed by atoms with Crippen molar-refractivity contribution in [3.8, 4) is 0 Å². The number of nitrogens with one attached hydrogen (secondary N) is 1. The van der Waals surface area contributed by atoms with Crippen molar-refractivity contribution in [2.45, 2.75) is 26.3 Å². The summed E-state index contributed by atoms with van der Waals surface area (Å²) in [6.07, 6.45) is 3.72. The normalized spacial score (nSPS) is 15.8. The van der Waals surface area contributed by atoms with Gasteiger partial charge in [0.15, 0.2) is 0 Å². The Morgan fingerprint density at radius 2 is 2.16 bits per heavy atom. The lowest BCUT2D eigenvalue weighted by Gasteiger charge is -2.21. The molecule has 3 heterocycles. The van der Waals surface area contributed by atoms with Crippen molar-refractivity contribution >= 4 is 23.1 Å². The number of anilines is 1. The summed E-state index contributed by atoms with van der Waals surface area (Å²) in [5.41, 5.74) is 1.66. The molecule has 25 heavy (non-hydrogen) atoms. The fourth-order valence-electron chi connectivity index (χ4n) is 2.83. The molecule has 0 spiro atoms. The second kappa shape index (κ2) is 8.40. The number of nitrogens with zero attached hydrogens (tertiary/aromatic N) is 4. The fourth-order valence-corrected chi connectivity index (χ4v) is 3.65. The van der Waals surface area contributed by atoms with Crippen LogP contribution in [0, 0.1) is 0 Å². The Bertz CT molecular complexity index is 700. The molecule has 1 N–H and O–H groups in total. The molecule has 7 heteroatoms. The first kappa shape index (κ1) is 17.8. The van der Waals surface area contributed by atoms with Crippen molar-refractivity contribution < 1.29 is 4.79 Å². The molecule has 0 aromatic carbocycles. The van der Waals surface area contributed by atoms with E-state index in [9.17, 15) is 4.79 Å². The van der Waals surface area contributed by atoms with E-state index in [2.05, 4.69) is 39.1 Å². The topological polar surface area (TPSA) is 61.4 Å². The Balaban J connectivity index is 1.56. The minimum Gasteiger partial charge on any atom is -0.355 e. The lowest BCUT2D eigenvalue weighted by molar-refractivity contribution is 0.0950. The number of carbonyl (C=O) groups is 1. The molecule has 1 fully saturated rings. The lowest BCUT2D eigenvalue weighted by Crippen LogP contribution is -2.29. The number of amides is 1. The zero-order chi connectivity index (χ0) is 17.6. The van der Waals surface area contributed by atoms with E-state index < -0.39 is 0 Å². The van der Waals surface area contributed by atoms with Gasteiger partial charge < -0.3 is 15.1 Å². The van der Waals surface area contributed by atoms with Gasteiger partial charge in [0.1, 0.15) is 10.8 Å². The molecule has 0 radical (unpaired) electrons. The SMILES string of the molecule is CCc1csc(CNC(=O)c2ccc(N3CCCN(C)CC3)nc2)n1. The quantitative estimate of drug-likeness (QED) is 0.887. The monoisotopic (exact) mass is 359 g/mol. The smallest absolute Gasteiger partial charge is 0.253 e. The molecule has 1 aliphatic heterocycles. The van der Waals surface area contributed by atoms with Gasteiger partial charge in [0, 0.05) is 31.2 Å². The highest BCUT2D eigenvalue weighted by Gasteiger charge is 2.14. The molecule has 3 rings (SSSR count). The summed E-state index contributed by atoms with van der Waals surface area (Å²) in [6.45, 7) is 6.67. The molecular formula is C18H25N5OS. The Morgan fingerprint density at radius 3 is 2.88 bits per heavy atom. The number of pyridine rings is 1. The van der Waals surface area contributed by atoms with E-state index in [1.807, 2.05) is 17.5 Å². The highest BCUT2D eigenvalue weighted by molar-refractivity contribution is 7.09. The molecular weight excluding hydrogens is 334 g/mol. The second-order valence-electron chi connectivity index (χ2n) is 6.32. The molecule has 1 amide bonds. The molecule has 134 valence electrons. The number of hydrogen-bond donors (Lipinski definition) is 1. The van der Waals surface area contributed by atoms with Crippen LogP contribution >= 0.6 is 11.3 Å². The zero-order valence-electron chi connectivity index (χ0n) is 14.9. The van der Waals surface area contributed by atoms with Crippen LogP contribution in [-0.4, -0.2) is 54.0 Å². The van der Waals surface area contributed by atoms with Crippen LogP contribution in [0.2, 0.25) is 0 Å². The van der Waals surface area contributed by atoms with E-state index in [4.69, 9.17) is 0 Å². The number of aryl methyl sites for hydroxylation is 1. The van der Waals surface area contributed by atoms with Crippen LogP contribution in [0.4, 0.5) is 5.82 Å². The van der Waals surface area contributed by atoms with Crippen LogP contribution in [0.15, 0.2) is 23.7 Å². The first-order valence-corrected chi connectivity index (χ1v) is 9.64. The summed E-state index contributed by atoms with van der Waals surface area (Å²) >= 11 is 1.58. The number of thiazole rings is 1. The molecule has 0 bridgehead atoms. The highest BCUT2D eigenvalue weighted by Crippen LogP contribution is 2.14. The highest BCUT2D eigenvalue weighted by atomic mass is 32.1. The third-order valence-corrected chi connectivity index (χ3v) is 5.31. The van der Waals surface area contributed by atoms with E-state index in [1.54, 1.807) is 17.5 Å². The first-order chi connectivity index (χ1) is 12.2. The average Bonchev–Trinajstić information content (AvgIpc) is 3.00. The summed E-state index contributed by atoms with van der Waals surface area (Å²) < 4.78 is 0. The number of rotatable bonds is 5. The number of aromatic nitrogens is 2. The maximum atomic E-state index is 12.3. The molecule has 6 nitrogen and oxygen atoms in total. The van der Waals surface area contributed by atoms with Gasteiger partial charge in [-0.15, -0.1) is 11.3 Å². The molecule has 0 unspecified atom stereocenters. The Morgan fingerprint density at radius 1 is 1.28 bits per heavy atom. The average molecular weight is 359 g/mol. The van der Waals surface area contributed by atoms with E-state index in [0.29, 0.717) is 12.1 Å². The second-order valence-corrected chi connectivity index (χ2v) is 7.26. The third kappa shape index (κ3) is 4.76. The molecule has 0 aliphatic carbocycles. The molecule has 1 aliphatic rings. The minimum atomic E-state index is -0.108. The summed E-state index contributed by atoms with van der Waals surface area (Å²) in [5.74, 6) is 0.835. The van der Waals surface area contributed by atoms with Crippen LogP contribution in [0.3, 0.4) is 0 Å². The molecule has 0 atom stereocenters. The van der Waals surface area contributed by atoms with E-state index in [-0.39, 0.29) is 5.91 Å². The Hall–Kier alpha value is -1.99. The van der Waals surface area contributed by atoms with E-state index >= 15 is 0 Å². The summed E-state index contributed by atoms with van der Waals surface area (Å²) in [4.78, 5) is 25.9. The van der Waals surface area contributed by atoms with E-state index in [0.717, 1.165) is 55.5 Å².